The summed E-state index contributed by atoms with van der Waals surface area (Å²) in [5, 5.41) is 8.42. The molecule has 0 aromatic rings. The van der Waals surface area contributed by atoms with Gasteiger partial charge < -0.3 is 5.11 Å². The third-order valence-corrected chi connectivity index (χ3v) is 2.36. The minimum atomic E-state index is 0.0109. The predicted octanol–water partition coefficient (Wildman–Crippen LogP) is 3.51. The lowest BCUT2D eigenvalue weighted by Gasteiger charge is -1.99. The fourth-order valence-corrected chi connectivity index (χ4v) is 1.49. The predicted molar refractivity (Wildman–Crippen MR) is 62.1 cm³/mol. The van der Waals surface area contributed by atoms with Crippen molar-refractivity contribution >= 4 is 0 Å². The van der Waals surface area contributed by atoms with E-state index in [-0.39, 0.29) is 6.61 Å². The highest BCUT2D eigenvalue weighted by molar-refractivity contribution is 4.98. The monoisotopic (exact) mass is 196 g/mol. The van der Waals surface area contributed by atoms with Crippen LogP contribution in [0.25, 0.3) is 0 Å². The largest absolute Gasteiger partial charge is 0.384 e. The molecule has 0 aromatic carbocycles. The molecular formula is C13H24O. The van der Waals surface area contributed by atoms with Crippen LogP contribution in [-0.2, 0) is 0 Å². The highest BCUT2D eigenvalue weighted by Gasteiger charge is 1.89. The van der Waals surface area contributed by atoms with Gasteiger partial charge in [-0.05, 0) is 6.42 Å². The topological polar surface area (TPSA) is 20.2 Å². The van der Waals surface area contributed by atoms with Gasteiger partial charge in [0.2, 0.25) is 0 Å². The summed E-state index contributed by atoms with van der Waals surface area (Å²) in [6.07, 6.45) is 11.7. The van der Waals surface area contributed by atoms with Gasteiger partial charge in [-0.25, -0.2) is 0 Å². The number of aliphatic hydroxyl groups excluding tert-OH is 1. The lowest BCUT2D eigenvalue weighted by atomic mass is 10.1. The van der Waals surface area contributed by atoms with Crippen LogP contribution in [0.1, 0.15) is 64.7 Å². The highest BCUT2D eigenvalue weighted by atomic mass is 16.2. The molecule has 0 rings (SSSR count). The molecule has 1 nitrogen and oxygen atoms in total. The Kier molecular flexibility index (Phi) is 12.1. The molecule has 1 N–H and O–H groups in total. The van der Waals surface area contributed by atoms with Crippen molar-refractivity contribution in [2.75, 3.05) is 6.61 Å². The molecule has 0 aliphatic rings. The molecule has 0 aromatic heterocycles. The normalized spacial score (nSPS) is 9.57. The number of hydrogen-bond donors (Lipinski definition) is 1. The molecule has 0 aliphatic heterocycles. The van der Waals surface area contributed by atoms with Crippen molar-refractivity contribution in [2.24, 2.45) is 0 Å². The van der Waals surface area contributed by atoms with Crippen molar-refractivity contribution in [1.82, 2.24) is 0 Å². The van der Waals surface area contributed by atoms with Crippen LogP contribution in [0.4, 0.5) is 0 Å². The van der Waals surface area contributed by atoms with Gasteiger partial charge in [0.15, 0.2) is 0 Å². The molecule has 0 amide bonds. The van der Waals surface area contributed by atoms with Crippen LogP contribution in [0, 0.1) is 11.8 Å². The van der Waals surface area contributed by atoms with E-state index >= 15 is 0 Å². The Morgan fingerprint density at radius 3 is 1.93 bits per heavy atom. The van der Waals surface area contributed by atoms with Crippen LogP contribution in [-0.4, -0.2) is 11.7 Å². The Morgan fingerprint density at radius 2 is 1.36 bits per heavy atom. The minimum absolute atomic E-state index is 0.0109. The minimum Gasteiger partial charge on any atom is -0.384 e. The van der Waals surface area contributed by atoms with Gasteiger partial charge in [0.1, 0.15) is 6.61 Å². The molecule has 0 aliphatic carbocycles. The average molecular weight is 196 g/mol. The summed E-state index contributed by atoms with van der Waals surface area (Å²) in [6.45, 7) is 2.26. The van der Waals surface area contributed by atoms with E-state index < -0.39 is 0 Å². The molecular weight excluding hydrogens is 172 g/mol. The van der Waals surface area contributed by atoms with E-state index in [0.29, 0.717) is 0 Å². The van der Waals surface area contributed by atoms with Crippen LogP contribution in [0.15, 0.2) is 0 Å². The zero-order valence-electron chi connectivity index (χ0n) is 9.52. The summed E-state index contributed by atoms with van der Waals surface area (Å²) in [6, 6.07) is 0. The summed E-state index contributed by atoms with van der Waals surface area (Å²) in [4.78, 5) is 0. The summed E-state index contributed by atoms with van der Waals surface area (Å²) >= 11 is 0. The number of unbranched alkanes of at least 4 members (excludes halogenated alkanes) is 8. The van der Waals surface area contributed by atoms with E-state index in [1.165, 1.54) is 51.4 Å². The highest BCUT2D eigenvalue weighted by Crippen LogP contribution is 2.08. The first kappa shape index (κ1) is 13.5. The van der Waals surface area contributed by atoms with Crippen LogP contribution >= 0.6 is 0 Å². The summed E-state index contributed by atoms with van der Waals surface area (Å²) in [7, 11) is 0. The SMILES string of the molecule is CCCCCCCCCCC#CCO. The van der Waals surface area contributed by atoms with E-state index in [4.69, 9.17) is 5.11 Å². The maximum absolute atomic E-state index is 8.42. The third-order valence-electron chi connectivity index (χ3n) is 2.36. The molecule has 14 heavy (non-hydrogen) atoms. The molecule has 1 heteroatoms. The second-order valence-corrected chi connectivity index (χ2v) is 3.74. The fraction of sp³-hybridized carbons (Fsp3) is 0.846. The summed E-state index contributed by atoms with van der Waals surface area (Å²) in [5.74, 6) is 5.62. The fourth-order valence-electron chi connectivity index (χ4n) is 1.49. The standard InChI is InChI=1S/C13H24O/c1-2-3-4-5-6-7-8-9-10-11-12-13-14/h14H,2-10,13H2,1H3. The van der Waals surface area contributed by atoms with E-state index in [1.807, 2.05) is 0 Å². The summed E-state index contributed by atoms with van der Waals surface area (Å²) < 4.78 is 0. The van der Waals surface area contributed by atoms with Crippen LogP contribution < -0.4 is 0 Å². The van der Waals surface area contributed by atoms with E-state index in [0.717, 1.165) is 6.42 Å². The van der Waals surface area contributed by atoms with E-state index in [1.54, 1.807) is 0 Å². The van der Waals surface area contributed by atoms with Gasteiger partial charge >= 0.3 is 0 Å². The molecule has 0 bridgehead atoms. The van der Waals surface area contributed by atoms with E-state index in [2.05, 4.69) is 18.8 Å². The van der Waals surface area contributed by atoms with Gasteiger partial charge in [-0.1, -0.05) is 57.8 Å². The zero-order chi connectivity index (χ0) is 10.5. The first-order chi connectivity index (χ1) is 6.91. The second kappa shape index (κ2) is 12.5. The van der Waals surface area contributed by atoms with Crippen LogP contribution in [0.3, 0.4) is 0 Å². The molecule has 0 heterocycles. The van der Waals surface area contributed by atoms with Gasteiger partial charge in [0, 0.05) is 6.42 Å². The van der Waals surface area contributed by atoms with Gasteiger partial charge in [-0.15, -0.1) is 5.92 Å². The lowest BCUT2D eigenvalue weighted by Crippen LogP contribution is -1.80. The van der Waals surface area contributed by atoms with Gasteiger partial charge in [0.05, 0.1) is 0 Å². The maximum atomic E-state index is 8.42. The summed E-state index contributed by atoms with van der Waals surface area (Å²) in [5.41, 5.74) is 0. The van der Waals surface area contributed by atoms with Crippen molar-refractivity contribution in [1.29, 1.82) is 0 Å². The quantitative estimate of drug-likeness (QED) is 0.465. The Labute approximate surface area is 88.9 Å². The number of aliphatic hydroxyl groups is 1. The Bertz CT molecular complexity index is 152. The molecule has 0 spiro atoms. The molecule has 82 valence electrons. The van der Waals surface area contributed by atoms with Crippen molar-refractivity contribution in [3.05, 3.63) is 0 Å². The van der Waals surface area contributed by atoms with Crippen molar-refractivity contribution in [3.63, 3.8) is 0 Å². The lowest BCUT2D eigenvalue weighted by molar-refractivity contribution is 0.350. The Morgan fingerprint density at radius 1 is 0.786 bits per heavy atom. The molecule has 0 saturated heterocycles. The van der Waals surface area contributed by atoms with Gasteiger partial charge in [0.25, 0.3) is 0 Å². The third kappa shape index (κ3) is 11.5. The average Bonchev–Trinajstić information content (AvgIpc) is 2.21. The molecule has 0 radical (unpaired) electrons. The molecule has 0 atom stereocenters. The molecule has 0 fully saturated rings. The van der Waals surface area contributed by atoms with E-state index in [9.17, 15) is 0 Å². The second-order valence-electron chi connectivity index (χ2n) is 3.74. The molecule has 0 saturated carbocycles. The van der Waals surface area contributed by atoms with Crippen LogP contribution in [0.5, 0.6) is 0 Å². The Balaban J connectivity index is 2.92. The van der Waals surface area contributed by atoms with Crippen molar-refractivity contribution in [2.45, 2.75) is 64.7 Å². The van der Waals surface area contributed by atoms with Gasteiger partial charge in [-0.3, -0.25) is 0 Å². The molecule has 0 unspecified atom stereocenters. The number of hydrogen-bond acceptors (Lipinski definition) is 1. The van der Waals surface area contributed by atoms with Gasteiger partial charge in [-0.2, -0.15) is 0 Å². The van der Waals surface area contributed by atoms with Crippen LogP contribution in [0.2, 0.25) is 0 Å². The first-order valence-electron chi connectivity index (χ1n) is 5.98. The first-order valence-corrected chi connectivity index (χ1v) is 5.98. The number of rotatable bonds is 8. The van der Waals surface area contributed by atoms with Crippen molar-refractivity contribution in [3.8, 4) is 11.8 Å². The smallest absolute Gasteiger partial charge is 0.104 e. The maximum Gasteiger partial charge on any atom is 0.104 e. The van der Waals surface area contributed by atoms with Crippen molar-refractivity contribution < 1.29 is 5.11 Å². The Hall–Kier alpha value is -0.480. The zero-order valence-corrected chi connectivity index (χ0v) is 9.52.